The van der Waals surface area contributed by atoms with E-state index in [-0.39, 0.29) is 0 Å². The number of halogens is 1. The lowest BCUT2D eigenvalue weighted by Crippen LogP contribution is -2.43. The van der Waals surface area contributed by atoms with E-state index in [0.717, 1.165) is 23.7 Å². The maximum Gasteiger partial charge on any atom is 0.00649 e. The summed E-state index contributed by atoms with van der Waals surface area (Å²) in [4.78, 5) is 0. The number of hydrogen-bond acceptors (Lipinski definition) is 1. The molecule has 0 aliphatic heterocycles. The first-order chi connectivity index (χ1) is 6.62. The lowest BCUT2D eigenvalue weighted by molar-refractivity contribution is 0.0221. The molecule has 0 heterocycles. The van der Waals surface area contributed by atoms with E-state index >= 15 is 0 Å². The lowest BCUT2D eigenvalue weighted by Gasteiger charge is -2.48. The molecule has 82 valence electrons. The van der Waals surface area contributed by atoms with Gasteiger partial charge in [0.05, 0.1) is 0 Å². The van der Waals surface area contributed by atoms with Gasteiger partial charge < -0.3 is 0 Å². The summed E-state index contributed by atoms with van der Waals surface area (Å²) >= 11 is 2.46. The number of fused-ring (bicyclic) bond motifs is 1. The van der Waals surface area contributed by atoms with Crippen LogP contribution in [-0.2, 0) is 0 Å². The van der Waals surface area contributed by atoms with Gasteiger partial charge in [0.1, 0.15) is 0 Å². The first-order valence-corrected chi connectivity index (χ1v) is 9.38. The van der Waals surface area contributed by atoms with Crippen LogP contribution in [0.25, 0.3) is 0 Å². The van der Waals surface area contributed by atoms with Crippen molar-refractivity contribution in [1.29, 1.82) is 0 Å². The Balaban J connectivity index is 2.08. The van der Waals surface area contributed by atoms with Crippen molar-refractivity contribution in [2.24, 2.45) is 29.1 Å². The van der Waals surface area contributed by atoms with Crippen molar-refractivity contribution in [2.75, 3.05) is 5.75 Å². The summed E-state index contributed by atoms with van der Waals surface area (Å²) in [6, 6.07) is 0. The van der Waals surface area contributed by atoms with Crippen molar-refractivity contribution in [2.45, 2.75) is 40.0 Å². The van der Waals surface area contributed by atoms with Gasteiger partial charge in [0, 0.05) is 5.75 Å². The van der Waals surface area contributed by atoms with Gasteiger partial charge in [-0.15, -0.1) is 0 Å². The molecule has 2 rings (SSSR count). The fraction of sp³-hybridized carbons (Fsp3) is 1.00. The second-order valence-electron chi connectivity index (χ2n) is 5.65. The van der Waals surface area contributed by atoms with E-state index in [1.165, 1.54) is 25.0 Å². The molecular weight excluding hydrogens is 303 g/mol. The fourth-order valence-electron chi connectivity index (χ4n) is 4.12. The molecule has 0 amide bonds. The molecule has 2 fully saturated rings. The second-order valence-corrected chi connectivity index (χ2v) is 8.07. The summed E-state index contributed by atoms with van der Waals surface area (Å²) in [5.74, 6) is 5.57. The molecule has 5 unspecified atom stereocenters. The van der Waals surface area contributed by atoms with Crippen LogP contribution < -0.4 is 0 Å². The summed E-state index contributed by atoms with van der Waals surface area (Å²) in [7, 11) is 2.02. The van der Waals surface area contributed by atoms with E-state index in [1.807, 2.05) is 8.93 Å². The molecule has 2 aliphatic rings. The Labute approximate surface area is 105 Å². The molecule has 0 aromatic heterocycles. The standard InChI is InChI=1S/C12H21IS/c1-4-12(3)6-8(2)10-5-9(7-14-13)11(10)12/h8-11H,4-7H2,1-3H3. The largest absolute Gasteiger partial charge is 0.0891 e. The summed E-state index contributed by atoms with van der Waals surface area (Å²) < 4.78 is 0. The maximum absolute atomic E-state index is 2.54. The molecule has 0 radical (unpaired) electrons. The van der Waals surface area contributed by atoms with Gasteiger partial charge in [-0.3, -0.25) is 0 Å². The van der Waals surface area contributed by atoms with E-state index in [0.29, 0.717) is 5.41 Å². The molecule has 2 aliphatic carbocycles. The van der Waals surface area contributed by atoms with Gasteiger partial charge in [-0.2, -0.15) is 0 Å². The van der Waals surface area contributed by atoms with Crippen LogP contribution in [0.4, 0.5) is 0 Å². The molecule has 0 aromatic rings. The molecule has 5 atom stereocenters. The van der Waals surface area contributed by atoms with Crippen molar-refractivity contribution >= 4 is 30.1 Å². The average molecular weight is 324 g/mol. The Morgan fingerprint density at radius 1 is 1.50 bits per heavy atom. The summed E-state index contributed by atoms with van der Waals surface area (Å²) in [5.41, 5.74) is 0.680. The zero-order valence-electron chi connectivity index (χ0n) is 9.42. The van der Waals surface area contributed by atoms with E-state index in [2.05, 4.69) is 42.0 Å². The Kier molecular flexibility index (Phi) is 3.43. The van der Waals surface area contributed by atoms with Gasteiger partial charge >= 0.3 is 0 Å². The van der Waals surface area contributed by atoms with Crippen LogP contribution in [0.15, 0.2) is 0 Å². The third-order valence-electron chi connectivity index (χ3n) is 4.95. The summed E-state index contributed by atoms with van der Waals surface area (Å²) in [6.07, 6.45) is 4.40. The van der Waals surface area contributed by atoms with E-state index in [1.54, 1.807) is 0 Å². The van der Waals surface area contributed by atoms with E-state index in [9.17, 15) is 0 Å². The van der Waals surface area contributed by atoms with Gasteiger partial charge in [-0.05, 0) is 63.1 Å². The maximum atomic E-state index is 2.54. The Morgan fingerprint density at radius 2 is 2.21 bits per heavy atom. The highest BCUT2D eigenvalue weighted by Crippen LogP contribution is 2.64. The predicted molar refractivity (Wildman–Crippen MR) is 73.7 cm³/mol. The van der Waals surface area contributed by atoms with Crippen molar-refractivity contribution in [3.8, 4) is 0 Å². The number of rotatable bonds is 3. The molecular formula is C12H21IS. The molecule has 0 spiro atoms. The Morgan fingerprint density at radius 3 is 2.79 bits per heavy atom. The predicted octanol–water partition coefficient (Wildman–Crippen LogP) is 4.78. The SMILES string of the molecule is CCC1(C)CC(C)C2CC(CSI)C21. The van der Waals surface area contributed by atoms with Crippen LogP contribution in [0.3, 0.4) is 0 Å². The third kappa shape index (κ3) is 1.64. The van der Waals surface area contributed by atoms with E-state index < -0.39 is 0 Å². The zero-order valence-corrected chi connectivity index (χ0v) is 12.4. The molecule has 2 saturated carbocycles. The van der Waals surface area contributed by atoms with Crippen molar-refractivity contribution < 1.29 is 0 Å². The quantitative estimate of drug-likeness (QED) is 0.673. The molecule has 0 nitrogen and oxygen atoms in total. The van der Waals surface area contributed by atoms with Gasteiger partial charge in [0.15, 0.2) is 0 Å². The van der Waals surface area contributed by atoms with Gasteiger partial charge in [-0.25, -0.2) is 0 Å². The lowest BCUT2D eigenvalue weighted by atomic mass is 9.58. The molecule has 0 N–H and O–H groups in total. The third-order valence-corrected chi connectivity index (χ3v) is 6.59. The highest BCUT2D eigenvalue weighted by molar-refractivity contribution is 14.2. The highest BCUT2D eigenvalue weighted by Gasteiger charge is 2.57. The monoisotopic (exact) mass is 324 g/mol. The van der Waals surface area contributed by atoms with Crippen molar-refractivity contribution in [3.05, 3.63) is 0 Å². The minimum Gasteiger partial charge on any atom is -0.0891 e. The van der Waals surface area contributed by atoms with Crippen LogP contribution in [0.5, 0.6) is 0 Å². The number of hydrogen-bond donors (Lipinski definition) is 0. The van der Waals surface area contributed by atoms with Crippen molar-refractivity contribution in [1.82, 2.24) is 0 Å². The zero-order chi connectivity index (χ0) is 10.3. The molecule has 0 saturated heterocycles. The average Bonchev–Trinajstić information content (AvgIpc) is 2.29. The van der Waals surface area contributed by atoms with Gasteiger partial charge in [0.25, 0.3) is 0 Å². The molecule has 0 aromatic carbocycles. The van der Waals surface area contributed by atoms with Crippen LogP contribution in [0.1, 0.15) is 40.0 Å². The minimum absolute atomic E-state index is 0.680. The smallest absolute Gasteiger partial charge is 0.00649 e. The normalized spacial score (nSPS) is 51.4. The van der Waals surface area contributed by atoms with E-state index in [4.69, 9.17) is 0 Å². The Hall–Kier alpha value is 1.08. The van der Waals surface area contributed by atoms with Gasteiger partial charge in [-0.1, -0.05) is 36.1 Å². The van der Waals surface area contributed by atoms with Crippen LogP contribution in [-0.4, -0.2) is 5.75 Å². The highest BCUT2D eigenvalue weighted by atomic mass is 127. The summed E-state index contributed by atoms with van der Waals surface area (Å²) in [6.45, 7) is 7.41. The first-order valence-electron chi connectivity index (χ1n) is 5.86. The van der Waals surface area contributed by atoms with Crippen LogP contribution in [0, 0.1) is 29.1 Å². The molecule has 0 bridgehead atoms. The van der Waals surface area contributed by atoms with Gasteiger partial charge in [0.2, 0.25) is 0 Å². The Bertz CT molecular complexity index is 218. The minimum atomic E-state index is 0.680. The van der Waals surface area contributed by atoms with Crippen LogP contribution >= 0.6 is 30.1 Å². The first kappa shape index (κ1) is 11.6. The van der Waals surface area contributed by atoms with Crippen LogP contribution in [0.2, 0.25) is 0 Å². The topological polar surface area (TPSA) is 0 Å². The molecule has 2 heteroatoms. The van der Waals surface area contributed by atoms with Crippen molar-refractivity contribution in [3.63, 3.8) is 0 Å². The molecule has 14 heavy (non-hydrogen) atoms. The summed E-state index contributed by atoms with van der Waals surface area (Å²) in [5, 5.41) is 0. The second kappa shape index (κ2) is 4.15. The fourth-order valence-corrected chi connectivity index (χ4v) is 6.02.